The van der Waals surface area contributed by atoms with Crippen LogP contribution in [0, 0.1) is 0 Å². The quantitative estimate of drug-likeness (QED) is 0.779. The largest absolute Gasteiger partial charge is 0.342 e. The van der Waals surface area contributed by atoms with Crippen LogP contribution >= 0.6 is 0 Å². The van der Waals surface area contributed by atoms with Crippen LogP contribution in [-0.2, 0) is 11.2 Å². The first-order valence-electron chi connectivity index (χ1n) is 9.83. The Hall–Kier alpha value is -2.66. The number of aromatic amines is 1. The van der Waals surface area contributed by atoms with Crippen molar-refractivity contribution < 1.29 is 4.79 Å². The zero-order valence-corrected chi connectivity index (χ0v) is 15.4. The maximum atomic E-state index is 12.9. The summed E-state index contributed by atoms with van der Waals surface area (Å²) in [7, 11) is 0. The number of para-hydroxylation sites is 3. The number of hydrogen-bond donors (Lipinski definition) is 1. The number of fused-ring (bicyclic) bond motifs is 2. The van der Waals surface area contributed by atoms with E-state index in [1.807, 2.05) is 29.2 Å². The van der Waals surface area contributed by atoms with Crippen LogP contribution in [0.15, 0.2) is 48.5 Å². The third kappa shape index (κ3) is 3.12. The summed E-state index contributed by atoms with van der Waals surface area (Å²) in [6.45, 7) is 3.17. The third-order valence-corrected chi connectivity index (χ3v) is 5.85. The van der Waals surface area contributed by atoms with Crippen molar-refractivity contribution in [1.82, 2.24) is 14.9 Å². The Morgan fingerprint density at radius 3 is 2.89 bits per heavy atom. The number of rotatable bonds is 3. The lowest BCUT2D eigenvalue weighted by atomic mass is 9.97. The van der Waals surface area contributed by atoms with Crippen molar-refractivity contribution in [1.29, 1.82) is 0 Å². The van der Waals surface area contributed by atoms with Gasteiger partial charge in [0.25, 0.3) is 0 Å². The number of benzene rings is 2. The van der Waals surface area contributed by atoms with Crippen LogP contribution < -0.4 is 4.90 Å². The smallest absolute Gasteiger partial charge is 0.241 e. The van der Waals surface area contributed by atoms with Gasteiger partial charge in [-0.3, -0.25) is 9.69 Å². The molecule has 1 unspecified atom stereocenters. The van der Waals surface area contributed by atoms with Gasteiger partial charge in [-0.05, 0) is 49.6 Å². The van der Waals surface area contributed by atoms with Crippen molar-refractivity contribution in [3.63, 3.8) is 0 Å². The predicted octanol–water partition coefficient (Wildman–Crippen LogP) is 3.33. The molecule has 1 saturated heterocycles. The van der Waals surface area contributed by atoms with Crippen LogP contribution in [0.25, 0.3) is 11.0 Å². The van der Waals surface area contributed by atoms with E-state index < -0.39 is 0 Å². The highest BCUT2D eigenvalue weighted by Gasteiger charge is 2.29. The summed E-state index contributed by atoms with van der Waals surface area (Å²) >= 11 is 0. The second-order valence-electron chi connectivity index (χ2n) is 7.64. The van der Waals surface area contributed by atoms with Crippen molar-refractivity contribution in [2.75, 3.05) is 31.1 Å². The van der Waals surface area contributed by atoms with Gasteiger partial charge in [0, 0.05) is 24.7 Å². The van der Waals surface area contributed by atoms with E-state index in [2.05, 4.69) is 34.1 Å². The summed E-state index contributed by atoms with van der Waals surface area (Å²) in [5, 5.41) is 0. The first-order valence-corrected chi connectivity index (χ1v) is 9.83. The Kier molecular flexibility index (Phi) is 4.17. The maximum absolute atomic E-state index is 12.9. The van der Waals surface area contributed by atoms with Gasteiger partial charge >= 0.3 is 0 Å². The van der Waals surface area contributed by atoms with Crippen molar-refractivity contribution >= 4 is 22.6 Å². The Bertz CT molecular complexity index is 946. The molecule has 5 heteroatoms. The normalized spacial score (nSPS) is 20.1. The summed E-state index contributed by atoms with van der Waals surface area (Å²) in [5.74, 6) is 1.63. The SMILES string of the molecule is O=C(CN1CCCC(c2nc3ccccc3[nH]2)C1)N1CCc2ccccc21. The molecule has 0 spiro atoms. The van der Waals surface area contributed by atoms with Gasteiger partial charge in [0.05, 0.1) is 17.6 Å². The second kappa shape index (κ2) is 6.82. The summed E-state index contributed by atoms with van der Waals surface area (Å²) in [6, 6.07) is 16.4. The van der Waals surface area contributed by atoms with E-state index in [4.69, 9.17) is 4.98 Å². The number of likely N-dealkylation sites (tertiary alicyclic amines) is 1. The number of piperidine rings is 1. The van der Waals surface area contributed by atoms with Crippen LogP contribution in [0.4, 0.5) is 5.69 Å². The van der Waals surface area contributed by atoms with Crippen LogP contribution in [0.2, 0.25) is 0 Å². The number of imidazole rings is 1. The number of hydrogen-bond acceptors (Lipinski definition) is 3. The second-order valence-corrected chi connectivity index (χ2v) is 7.64. The monoisotopic (exact) mass is 360 g/mol. The Balaban J connectivity index is 1.28. The van der Waals surface area contributed by atoms with Crippen molar-refractivity contribution in [2.24, 2.45) is 0 Å². The van der Waals surface area contributed by atoms with E-state index in [0.717, 1.165) is 61.4 Å². The predicted molar refractivity (Wildman–Crippen MR) is 107 cm³/mol. The topological polar surface area (TPSA) is 52.2 Å². The molecule has 138 valence electrons. The number of aromatic nitrogens is 2. The van der Waals surface area contributed by atoms with Gasteiger partial charge in [-0.2, -0.15) is 0 Å². The average Bonchev–Trinajstić information content (AvgIpc) is 3.32. The van der Waals surface area contributed by atoms with Gasteiger partial charge in [-0.1, -0.05) is 30.3 Å². The molecule has 3 heterocycles. The number of amides is 1. The maximum Gasteiger partial charge on any atom is 0.241 e. The Labute approximate surface area is 159 Å². The zero-order valence-electron chi connectivity index (χ0n) is 15.4. The third-order valence-electron chi connectivity index (χ3n) is 5.85. The molecule has 2 aliphatic rings. The lowest BCUT2D eigenvalue weighted by Crippen LogP contribution is -2.43. The van der Waals surface area contributed by atoms with Crippen LogP contribution in [0.5, 0.6) is 0 Å². The van der Waals surface area contributed by atoms with E-state index >= 15 is 0 Å². The highest BCUT2D eigenvalue weighted by atomic mass is 16.2. The van der Waals surface area contributed by atoms with E-state index in [0.29, 0.717) is 12.5 Å². The summed E-state index contributed by atoms with van der Waals surface area (Å²) in [6.07, 6.45) is 3.19. The van der Waals surface area contributed by atoms with Gasteiger partial charge in [0.15, 0.2) is 0 Å². The molecule has 5 nitrogen and oxygen atoms in total. The minimum atomic E-state index is 0.213. The number of H-pyrrole nitrogens is 1. The molecule has 0 aliphatic carbocycles. The Morgan fingerprint density at radius 1 is 1.11 bits per heavy atom. The summed E-state index contributed by atoms with van der Waals surface area (Å²) in [5.41, 5.74) is 4.49. The number of nitrogens with one attached hydrogen (secondary N) is 1. The fourth-order valence-corrected chi connectivity index (χ4v) is 4.46. The average molecular weight is 360 g/mol. The zero-order chi connectivity index (χ0) is 18.2. The van der Waals surface area contributed by atoms with E-state index in [-0.39, 0.29) is 5.91 Å². The molecule has 1 aromatic heterocycles. The summed E-state index contributed by atoms with van der Waals surface area (Å²) < 4.78 is 0. The molecule has 1 amide bonds. The van der Waals surface area contributed by atoms with Gasteiger partial charge in [-0.25, -0.2) is 4.98 Å². The van der Waals surface area contributed by atoms with Crippen LogP contribution in [0.3, 0.4) is 0 Å². The van der Waals surface area contributed by atoms with E-state index in [9.17, 15) is 4.79 Å². The Morgan fingerprint density at radius 2 is 1.96 bits per heavy atom. The van der Waals surface area contributed by atoms with Gasteiger partial charge in [0.2, 0.25) is 5.91 Å². The van der Waals surface area contributed by atoms with Gasteiger partial charge in [-0.15, -0.1) is 0 Å². The molecule has 3 aromatic rings. The molecule has 0 bridgehead atoms. The van der Waals surface area contributed by atoms with Crippen LogP contribution in [0.1, 0.15) is 30.1 Å². The fraction of sp³-hybridized carbons (Fsp3) is 0.364. The van der Waals surface area contributed by atoms with Gasteiger partial charge < -0.3 is 9.88 Å². The molecule has 1 N–H and O–H groups in total. The molecule has 5 rings (SSSR count). The molecule has 0 radical (unpaired) electrons. The molecular formula is C22H24N4O. The summed E-state index contributed by atoms with van der Waals surface area (Å²) in [4.78, 5) is 25.4. The number of carbonyl (C=O) groups is 1. The number of anilines is 1. The van der Waals surface area contributed by atoms with Gasteiger partial charge in [0.1, 0.15) is 5.82 Å². The minimum absolute atomic E-state index is 0.213. The first kappa shape index (κ1) is 16.5. The number of carbonyl (C=O) groups excluding carboxylic acids is 1. The molecule has 1 fully saturated rings. The number of nitrogens with zero attached hydrogens (tertiary/aromatic N) is 3. The lowest BCUT2D eigenvalue weighted by molar-refractivity contribution is -0.119. The van der Waals surface area contributed by atoms with Crippen molar-refractivity contribution in [2.45, 2.75) is 25.2 Å². The van der Waals surface area contributed by atoms with E-state index in [1.54, 1.807) is 0 Å². The first-order chi connectivity index (χ1) is 13.3. The molecule has 2 aliphatic heterocycles. The standard InChI is InChI=1S/C22H24N4O/c27-21(26-13-11-16-6-1-4-10-20(16)26)15-25-12-5-7-17(14-25)22-23-18-8-2-3-9-19(18)24-22/h1-4,6,8-10,17H,5,7,11-15H2,(H,23,24). The molecule has 2 aromatic carbocycles. The fourth-order valence-electron chi connectivity index (χ4n) is 4.46. The molecule has 0 saturated carbocycles. The molecular weight excluding hydrogens is 336 g/mol. The van der Waals surface area contributed by atoms with Crippen LogP contribution in [-0.4, -0.2) is 47.0 Å². The highest BCUT2D eigenvalue weighted by molar-refractivity contribution is 5.96. The highest BCUT2D eigenvalue weighted by Crippen LogP contribution is 2.29. The molecule has 1 atom stereocenters. The van der Waals surface area contributed by atoms with E-state index in [1.165, 1.54) is 5.56 Å². The minimum Gasteiger partial charge on any atom is -0.342 e. The molecule has 27 heavy (non-hydrogen) atoms. The lowest BCUT2D eigenvalue weighted by Gasteiger charge is -2.32. The van der Waals surface area contributed by atoms with Crippen molar-refractivity contribution in [3.8, 4) is 0 Å². The van der Waals surface area contributed by atoms with Crippen molar-refractivity contribution in [3.05, 3.63) is 59.9 Å².